The fourth-order valence-corrected chi connectivity index (χ4v) is 3.05. The van der Waals surface area contributed by atoms with Gasteiger partial charge in [-0.05, 0) is 44.7 Å². The minimum Gasteiger partial charge on any atom is -0.381 e. The van der Waals surface area contributed by atoms with E-state index >= 15 is 0 Å². The Hall–Kier alpha value is -1.46. The molecular weight excluding hydrogens is 252 g/mol. The Balaban J connectivity index is 1.66. The van der Waals surface area contributed by atoms with Crippen LogP contribution in [0.2, 0.25) is 0 Å². The zero-order valence-electron chi connectivity index (χ0n) is 12.1. The number of nitrogens with zero attached hydrogens (tertiary/aromatic N) is 3. The van der Waals surface area contributed by atoms with Crippen molar-refractivity contribution in [3.63, 3.8) is 0 Å². The van der Waals surface area contributed by atoms with E-state index in [4.69, 9.17) is 4.74 Å². The highest BCUT2D eigenvalue weighted by Gasteiger charge is 2.23. The van der Waals surface area contributed by atoms with E-state index in [-0.39, 0.29) is 6.04 Å². The number of nitrogens with one attached hydrogen (secondary N) is 1. The number of fused-ring (bicyclic) bond motifs is 1. The van der Waals surface area contributed by atoms with Gasteiger partial charge in [-0.1, -0.05) is 6.07 Å². The SMILES string of the molecule is COC1CCC(NC(C)c2nnc3ccccn23)CC1. The van der Waals surface area contributed by atoms with Gasteiger partial charge < -0.3 is 10.1 Å². The molecule has 1 saturated carbocycles. The van der Waals surface area contributed by atoms with Gasteiger partial charge in [-0.15, -0.1) is 10.2 Å². The lowest BCUT2D eigenvalue weighted by Gasteiger charge is -2.30. The van der Waals surface area contributed by atoms with Crippen molar-refractivity contribution < 1.29 is 4.74 Å². The molecule has 5 heteroatoms. The second-order valence-corrected chi connectivity index (χ2v) is 5.58. The monoisotopic (exact) mass is 274 g/mol. The minimum absolute atomic E-state index is 0.205. The molecule has 1 aliphatic rings. The van der Waals surface area contributed by atoms with Crippen LogP contribution in [-0.2, 0) is 4.74 Å². The molecule has 3 rings (SSSR count). The zero-order valence-corrected chi connectivity index (χ0v) is 12.1. The zero-order chi connectivity index (χ0) is 13.9. The van der Waals surface area contributed by atoms with E-state index in [0.717, 1.165) is 24.3 Å². The third-order valence-electron chi connectivity index (χ3n) is 4.22. The van der Waals surface area contributed by atoms with E-state index < -0.39 is 0 Å². The summed E-state index contributed by atoms with van der Waals surface area (Å²) in [6.45, 7) is 2.16. The number of rotatable bonds is 4. The fourth-order valence-electron chi connectivity index (χ4n) is 3.05. The molecule has 0 bridgehead atoms. The van der Waals surface area contributed by atoms with Gasteiger partial charge in [0, 0.05) is 19.3 Å². The first kappa shape index (κ1) is 13.5. The van der Waals surface area contributed by atoms with Crippen molar-refractivity contribution in [1.82, 2.24) is 19.9 Å². The number of hydrogen-bond donors (Lipinski definition) is 1. The van der Waals surface area contributed by atoms with Crippen LogP contribution in [0.5, 0.6) is 0 Å². The molecule has 1 unspecified atom stereocenters. The molecule has 2 aromatic heterocycles. The smallest absolute Gasteiger partial charge is 0.160 e. The van der Waals surface area contributed by atoms with Crippen molar-refractivity contribution in [2.24, 2.45) is 0 Å². The summed E-state index contributed by atoms with van der Waals surface area (Å²) in [7, 11) is 1.81. The third-order valence-corrected chi connectivity index (χ3v) is 4.22. The van der Waals surface area contributed by atoms with Crippen LogP contribution in [-0.4, -0.2) is 33.9 Å². The molecule has 1 N–H and O–H groups in total. The highest BCUT2D eigenvalue weighted by Crippen LogP contribution is 2.23. The van der Waals surface area contributed by atoms with Crippen LogP contribution < -0.4 is 5.32 Å². The minimum atomic E-state index is 0.205. The summed E-state index contributed by atoms with van der Waals surface area (Å²) in [6, 6.07) is 6.73. The van der Waals surface area contributed by atoms with Crippen LogP contribution in [0.3, 0.4) is 0 Å². The highest BCUT2D eigenvalue weighted by atomic mass is 16.5. The average molecular weight is 274 g/mol. The number of pyridine rings is 1. The van der Waals surface area contributed by atoms with E-state index in [1.54, 1.807) is 0 Å². The van der Waals surface area contributed by atoms with Gasteiger partial charge in [0.2, 0.25) is 0 Å². The number of hydrogen-bond acceptors (Lipinski definition) is 4. The van der Waals surface area contributed by atoms with Crippen LogP contribution >= 0.6 is 0 Å². The van der Waals surface area contributed by atoms with Crippen LogP contribution in [0.15, 0.2) is 24.4 Å². The Bertz CT molecular complexity index is 560. The van der Waals surface area contributed by atoms with Crippen molar-refractivity contribution in [2.75, 3.05) is 7.11 Å². The third kappa shape index (κ3) is 2.69. The lowest BCUT2D eigenvalue weighted by Crippen LogP contribution is -2.37. The Morgan fingerprint density at radius 3 is 2.80 bits per heavy atom. The maximum absolute atomic E-state index is 5.42. The topological polar surface area (TPSA) is 51.5 Å². The molecule has 5 nitrogen and oxygen atoms in total. The summed E-state index contributed by atoms with van der Waals surface area (Å²) in [5, 5.41) is 12.2. The van der Waals surface area contributed by atoms with Gasteiger partial charge in [0.25, 0.3) is 0 Å². The summed E-state index contributed by atoms with van der Waals surface area (Å²) in [6.07, 6.45) is 7.07. The van der Waals surface area contributed by atoms with E-state index in [1.807, 2.05) is 31.5 Å². The molecule has 0 aliphatic heterocycles. The summed E-state index contributed by atoms with van der Waals surface area (Å²) in [5.74, 6) is 0.981. The lowest BCUT2D eigenvalue weighted by atomic mass is 9.92. The summed E-state index contributed by atoms with van der Waals surface area (Å²) < 4.78 is 7.47. The van der Waals surface area contributed by atoms with E-state index in [0.29, 0.717) is 12.1 Å². The Labute approximate surface area is 119 Å². The van der Waals surface area contributed by atoms with Crippen molar-refractivity contribution in [3.8, 4) is 0 Å². The normalized spacial score (nSPS) is 24.9. The van der Waals surface area contributed by atoms with Crippen molar-refractivity contribution >= 4 is 5.65 Å². The van der Waals surface area contributed by atoms with Gasteiger partial charge in [0.1, 0.15) is 0 Å². The number of aromatic nitrogens is 3. The molecule has 108 valence electrons. The second-order valence-electron chi connectivity index (χ2n) is 5.58. The number of methoxy groups -OCH3 is 1. The Morgan fingerprint density at radius 2 is 2.05 bits per heavy atom. The van der Waals surface area contributed by atoms with Gasteiger partial charge in [-0.25, -0.2) is 0 Å². The van der Waals surface area contributed by atoms with E-state index in [2.05, 4.69) is 26.8 Å². The maximum Gasteiger partial charge on any atom is 0.160 e. The average Bonchev–Trinajstić information content (AvgIpc) is 2.92. The molecule has 1 fully saturated rings. The molecule has 0 amide bonds. The van der Waals surface area contributed by atoms with Crippen molar-refractivity contribution in [1.29, 1.82) is 0 Å². The molecule has 2 heterocycles. The molecule has 1 aliphatic carbocycles. The standard InChI is InChI=1S/C15H22N4O/c1-11(16-12-6-8-13(20-2)9-7-12)15-18-17-14-5-3-4-10-19(14)15/h3-5,10-13,16H,6-9H2,1-2H3. The Morgan fingerprint density at radius 1 is 1.25 bits per heavy atom. The predicted molar refractivity (Wildman–Crippen MR) is 77.6 cm³/mol. The molecule has 20 heavy (non-hydrogen) atoms. The van der Waals surface area contributed by atoms with Gasteiger partial charge in [0.05, 0.1) is 12.1 Å². The van der Waals surface area contributed by atoms with Crippen LogP contribution in [0.4, 0.5) is 0 Å². The van der Waals surface area contributed by atoms with Crippen LogP contribution in [0.25, 0.3) is 5.65 Å². The molecule has 2 aromatic rings. The van der Waals surface area contributed by atoms with Crippen LogP contribution in [0.1, 0.15) is 44.5 Å². The molecule has 1 atom stereocenters. The molecule has 0 radical (unpaired) electrons. The maximum atomic E-state index is 5.42. The quantitative estimate of drug-likeness (QED) is 0.929. The molecule has 0 spiro atoms. The first-order valence-corrected chi connectivity index (χ1v) is 7.36. The predicted octanol–water partition coefficient (Wildman–Crippen LogP) is 2.34. The van der Waals surface area contributed by atoms with Crippen LogP contribution in [0, 0.1) is 0 Å². The fraction of sp³-hybridized carbons (Fsp3) is 0.600. The first-order chi connectivity index (χ1) is 9.78. The van der Waals surface area contributed by atoms with Gasteiger partial charge in [-0.3, -0.25) is 4.40 Å². The van der Waals surface area contributed by atoms with E-state index in [9.17, 15) is 0 Å². The van der Waals surface area contributed by atoms with Crippen molar-refractivity contribution in [3.05, 3.63) is 30.2 Å². The molecule has 0 aromatic carbocycles. The van der Waals surface area contributed by atoms with Crippen molar-refractivity contribution in [2.45, 2.75) is 50.8 Å². The Kier molecular flexibility index (Phi) is 3.98. The van der Waals surface area contributed by atoms with Gasteiger partial charge >= 0.3 is 0 Å². The largest absolute Gasteiger partial charge is 0.381 e. The summed E-state index contributed by atoms with van der Waals surface area (Å²) in [5.41, 5.74) is 0.902. The second kappa shape index (κ2) is 5.89. The van der Waals surface area contributed by atoms with Gasteiger partial charge in [-0.2, -0.15) is 0 Å². The van der Waals surface area contributed by atoms with E-state index in [1.165, 1.54) is 12.8 Å². The summed E-state index contributed by atoms with van der Waals surface area (Å²) >= 11 is 0. The molecular formula is C15H22N4O. The molecule has 0 saturated heterocycles. The highest BCUT2D eigenvalue weighted by molar-refractivity contribution is 5.37. The number of ether oxygens (including phenoxy) is 1. The first-order valence-electron chi connectivity index (χ1n) is 7.36. The van der Waals surface area contributed by atoms with Gasteiger partial charge in [0.15, 0.2) is 11.5 Å². The summed E-state index contributed by atoms with van der Waals surface area (Å²) in [4.78, 5) is 0. The lowest BCUT2D eigenvalue weighted by molar-refractivity contribution is 0.0612.